The van der Waals surface area contributed by atoms with Gasteiger partial charge in [-0.1, -0.05) is 36.8 Å². The van der Waals surface area contributed by atoms with Crippen LogP contribution < -0.4 is 49.9 Å². The molecule has 0 saturated heterocycles. The second-order valence-electron chi connectivity index (χ2n) is 11.4. The Balaban J connectivity index is 3.26. The molecular weight excluding hydrogens is 610 g/mol. The number of unbranched alkanes of at least 4 members (excludes halogenated alkanes) is 3. The van der Waals surface area contributed by atoms with Crippen LogP contribution in [0.5, 0.6) is 0 Å². The first-order valence-corrected chi connectivity index (χ1v) is 16.1. The first-order chi connectivity index (χ1) is 22.4. The Hall–Kier alpha value is -4.12. The van der Waals surface area contributed by atoms with Gasteiger partial charge in [-0.3, -0.25) is 24.0 Å². The van der Waals surface area contributed by atoms with E-state index in [0.29, 0.717) is 70.1 Å². The van der Waals surface area contributed by atoms with Crippen molar-refractivity contribution in [2.45, 2.75) is 101 Å². The van der Waals surface area contributed by atoms with Gasteiger partial charge >= 0.3 is 5.97 Å². The van der Waals surface area contributed by atoms with Gasteiger partial charge in [0.2, 0.25) is 29.5 Å². The predicted molar refractivity (Wildman–Crippen MR) is 176 cm³/mol. The highest BCUT2D eigenvalue weighted by molar-refractivity contribution is 5.96. The average molecular weight is 664 g/mol. The molecule has 5 atom stereocenters. The number of aliphatic carboxylic acids is 1. The van der Waals surface area contributed by atoms with Crippen molar-refractivity contribution in [1.29, 1.82) is 0 Å². The number of nitrogens with one attached hydrogen (secondary N) is 4. The summed E-state index contributed by atoms with van der Waals surface area (Å²) in [5.41, 5.74) is 28.6. The Morgan fingerprint density at radius 3 is 1.49 bits per heavy atom. The van der Waals surface area contributed by atoms with Crippen LogP contribution >= 0.6 is 0 Å². The maximum absolute atomic E-state index is 13.7. The maximum Gasteiger partial charge on any atom is 0.326 e. The number of benzene rings is 1. The number of carbonyl (C=O) groups excluding carboxylic acids is 5. The zero-order valence-electron chi connectivity index (χ0n) is 27.0. The van der Waals surface area contributed by atoms with Gasteiger partial charge in [0.25, 0.3) is 0 Å². The molecule has 0 aliphatic rings. The Bertz CT molecular complexity index is 1140. The molecule has 0 unspecified atom stereocenters. The van der Waals surface area contributed by atoms with Crippen molar-refractivity contribution in [2.75, 3.05) is 19.6 Å². The molecule has 0 spiro atoms. The van der Waals surface area contributed by atoms with E-state index in [1.807, 2.05) is 0 Å². The van der Waals surface area contributed by atoms with Crippen LogP contribution in [0, 0.1) is 0 Å². The van der Waals surface area contributed by atoms with Gasteiger partial charge < -0.3 is 55.0 Å². The molecule has 0 bridgehead atoms. The summed E-state index contributed by atoms with van der Waals surface area (Å²) in [7, 11) is 0. The maximum atomic E-state index is 13.7. The molecule has 0 fully saturated rings. The van der Waals surface area contributed by atoms with Crippen molar-refractivity contribution in [1.82, 2.24) is 21.3 Å². The predicted octanol–water partition coefficient (Wildman–Crippen LogP) is -2.16. The van der Waals surface area contributed by atoms with Crippen LogP contribution in [0.4, 0.5) is 0 Å². The van der Waals surface area contributed by atoms with Crippen LogP contribution in [-0.2, 0) is 35.2 Å². The van der Waals surface area contributed by atoms with Crippen molar-refractivity contribution in [2.24, 2.45) is 28.7 Å². The van der Waals surface area contributed by atoms with E-state index < -0.39 is 72.1 Å². The van der Waals surface area contributed by atoms with Gasteiger partial charge in [-0.15, -0.1) is 0 Å². The van der Waals surface area contributed by atoms with Crippen LogP contribution in [0.3, 0.4) is 0 Å². The fraction of sp³-hybridized carbons (Fsp3) is 0.613. The number of carboxylic acids is 1. The summed E-state index contributed by atoms with van der Waals surface area (Å²) in [5.74, 6) is -5.11. The van der Waals surface area contributed by atoms with Crippen molar-refractivity contribution in [3.8, 4) is 0 Å². The lowest BCUT2D eigenvalue weighted by Gasteiger charge is -2.26. The molecule has 0 aliphatic carbocycles. The van der Waals surface area contributed by atoms with E-state index in [1.165, 1.54) is 0 Å². The second-order valence-corrected chi connectivity index (χ2v) is 11.4. The molecule has 16 heteroatoms. The number of carbonyl (C=O) groups is 6. The third kappa shape index (κ3) is 16.8. The van der Waals surface area contributed by atoms with E-state index in [4.69, 9.17) is 28.7 Å². The number of amides is 5. The molecule has 0 aliphatic heterocycles. The number of primary amides is 1. The minimum atomic E-state index is -1.60. The van der Waals surface area contributed by atoms with E-state index in [0.717, 1.165) is 0 Å². The summed E-state index contributed by atoms with van der Waals surface area (Å²) in [4.78, 5) is 76.4. The normalized spacial score (nSPS) is 14.1. The molecule has 1 rings (SSSR count). The minimum absolute atomic E-state index is 0.0387. The molecule has 16 nitrogen and oxygen atoms in total. The molecule has 1 aromatic carbocycles. The molecule has 15 N–H and O–H groups in total. The monoisotopic (exact) mass is 663 g/mol. The van der Waals surface area contributed by atoms with Gasteiger partial charge in [0, 0.05) is 6.42 Å². The summed E-state index contributed by atoms with van der Waals surface area (Å²) in [5, 5.41) is 19.8. The van der Waals surface area contributed by atoms with Crippen LogP contribution in [0.15, 0.2) is 30.3 Å². The fourth-order valence-corrected chi connectivity index (χ4v) is 4.72. The quantitative estimate of drug-likeness (QED) is 0.0503. The largest absolute Gasteiger partial charge is 0.480 e. The molecule has 0 saturated carbocycles. The highest BCUT2D eigenvalue weighted by Gasteiger charge is 2.32. The van der Waals surface area contributed by atoms with E-state index in [-0.39, 0.29) is 19.3 Å². The van der Waals surface area contributed by atoms with Crippen molar-refractivity contribution < 1.29 is 33.9 Å². The minimum Gasteiger partial charge on any atom is -0.480 e. The summed E-state index contributed by atoms with van der Waals surface area (Å²) >= 11 is 0. The lowest BCUT2D eigenvalue weighted by atomic mass is 10.0. The molecular formula is C31H53N9O7. The third-order valence-electron chi connectivity index (χ3n) is 7.40. The number of rotatable bonds is 25. The Morgan fingerprint density at radius 2 is 1.02 bits per heavy atom. The molecule has 5 amide bonds. The highest BCUT2D eigenvalue weighted by atomic mass is 16.4. The van der Waals surface area contributed by atoms with E-state index >= 15 is 0 Å². The SMILES string of the molecule is NCCCC[C@H](NC(=O)[C@H](Cc1ccccc1)NC(=O)[C@H](CCCCN)NC(=O)[C@@H](N)CCCCN)C(=O)N[C@@H](CC(N)=O)C(=O)O. The van der Waals surface area contributed by atoms with Gasteiger partial charge in [-0.05, 0) is 76.6 Å². The van der Waals surface area contributed by atoms with Crippen LogP contribution in [0.25, 0.3) is 0 Å². The van der Waals surface area contributed by atoms with Crippen molar-refractivity contribution in [3.05, 3.63) is 35.9 Å². The summed E-state index contributed by atoms with van der Waals surface area (Å²) in [6.45, 7) is 1.17. The molecule has 0 aromatic heterocycles. The Labute approximate surface area is 275 Å². The number of hydrogen-bond acceptors (Lipinski definition) is 10. The highest BCUT2D eigenvalue weighted by Crippen LogP contribution is 2.09. The standard InChI is InChI=1S/C31H53N9O7/c32-15-7-4-12-21(35)27(42)37-22(13-5-8-16-33)28(43)39-24(18-20-10-2-1-3-11-20)30(45)38-23(14-6-9-17-34)29(44)40-25(31(46)47)19-26(36)41/h1-3,10-11,21-25H,4-9,12-19,32-35H2,(H2,36,41)(H,37,42)(H,38,45)(H,39,43)(H,40,44)(H,46,47)/t21-,22-,23-,24-,25-/m0/s1. The third-order valence-corrected chi connectivity index (χ3v) is 7.40. The zero-order valence-corrected chi connectivity index (χ0v) is 27.0. The van der Waals surface area contributed by atoms with Gasteiger partial charge in [0.1, 0.15) is 24.2 Å². The van der Waals surface area contributed by atoms with Gasteiger partial charge in [0.15, 0.2) is 0 Å². The van der Waals surface area contributed by atoms with Gasteiger partial charge in [-0.2, -0.15) is 0 Å². The first-order valence-electron chi connectivity index (χ1n) is 16.1. The number of nitrogens with two attached hydrogens (primary N) is 5. The molecule has 1 aromatic rings. The van der Waals surface area contributed by atoms with Crippen LogP contribution in [-0.4, -0.2) is 90.5 Å². The van der Waals surface area contributed by atoms with Crippen LogP contribution in [0.1, 0.15) is 69.8 Å². The van der Waals surface area contributed by atoms with E-state index in [9.17, 15) is 33.9 Å². The fourth-order valence-electron chi connectivity index (χ4n) is 4.72. The van der Waals surface area contributed by atoms with Crippen molar-refractivity contribution in [3.63, 3.8) is 0 Å². The number of hydrogen-bond donors (Lipinski definition) is 10. The lowest BCUT2D eigenvalue weighted by Crippen LogP contribution is -2.59. The van der Waals surface area contributed by atoms with Crippen LogP contribution in [0.2, 0.25) is 0 Å². The van der Waals surface area contributed by atoms with E-state index in [2.05, 4.69) is 21.3 Å². The molecule has 0 radical (unpaired) electrons. The van der Waals surface area contributed by atoms with Gasteiger partial charge in [-0.25, -0.2) is 4.79 Å². The number of carboxylic acid groups (broad SMARTS) is 1. The topological polar surface area (TPSA) is 301 Å². The van der Waals surface area contributed by atoms with E-state index in [1.54, 1.807) is 30.3 Å². The second kappa shape index (κ2) is 23.2. The molecule has 264 valence electrons. The first kappa shape index (κ1) is 40.9. The van der Waals surface area contributed by atoms with Crippen molar-refractivity contribution >= 4 is 35.5 Å². The Kier molecular flexibility index (Phi) is 20.2. The molecule has 47 heavy (non-hydrogen) atoms. The lowest BCUT2D eigenvalue weighted by molar-refractivity contribution is -0.143. The van der Waals surface area contributed by atoms with Gasteiger partial charge in [0.05, 0.1) is 12.5 Å². The Morgan fingerprint density at radius 1 is 0.596 bits per heavy atom. The summed E-state index contributed by atoms with van der Waals surface area (Å²) in [6.07, 6.45) is 3.51. The summed E-state index contributed by atoms with van der Waals surface area (Å²) < 4.78 is 0. The summed E-state index contributed by atoms with van der Waals surface area (Å²) in [6, 6.07) is 2.96. The smallest absolute Gasteiger partial charge is 0.326 e. The zero-order chi connectivity index (χ0) is 35.2. The average Bonchev–Trinajstić information content (AvgIpc) is 3.03. The molecule has 0 heterocycles.